The second-order valence-corrected chi connectivity index (χ2v) is 5.99. The van der Waals surface area contributed by atoms with Crippen LogP contribution in [0.15, 0.2) is 40.9 Å². The van der Waals surface area contributed by atoms with Crippen LogP contribution in [0.4, 0.5) is 10.1 Å². The van der Waals surface area contributed by atoms with Crippen LogP contribution in [-0.4, -0.2) is 11.1 Å². The van der Waals surface area contributed by atoms with Gasteiger partial charge in [0, 0.05) is 10.2 Å². The lowest BCUT2D eigenvalue weighted by atomic mass is 10.1. The Balaban J connectivity index is 1.86. The summed E-state index contributed by atoms with van der Waals surface area (Å²) in [5, 5.41) is 12.3. The van der Waals surface area contributed by atoms with Crippen molar-refractivity contribution in [3.63, 3.8) is 0 Å². The molecular weight excluding hydrogens is 337 g/mol. The Morgan fingerprint density at radius 2 is 2.10 bits per heavy atom. The van der Waals surface area contributed by atoms with Gasteiger partial charge in [0.2, 0.25) is 0 Å². The third-order valence-corrected chi connectivity index (χ3v) is 4.21. The van der Waals surface area contributed by atoms with E-state index in [0.717, 1.165) is 17.3 Å². The van der Waals surface area contributed by atoms with Gasteiger partial charge in [-0.3, -0.25) is 0 Å². The molecular formula is C16H13BrFNO2. The van der Waals surface area contributed by atoms with Crippen LogP contribution in [0.1, 0.15) is 33.9 Å². The quantitative estimate of drug-likeness (QED) is 0.863. The van der Waals surface area contributed by atoms with Crippen molar-refractivity contribution >= 4 is 27.6 Å². The Hall–Kier alpha value is -1.88. The molecule has 0 saturated carbocycles. The molecule has 108 valence electrons. The van der Waals surface area contributed by atoms with E-state index >= 15 is 0 Å². The van der Waals surface area contributed by atoms with Gasteiger partial charge in [-0.25, -0.2) is 9.18 Å². The van der Waals surface area contributed by atoms with Crippen molar-refractivity contribution in [3.05, 3.63) is 63.4 Å². The lowest BCUT2D eigenvalue weighted by Crippen LogP contribution is -2.09. The maximum Gasteiger partial charge on any atom is 0.338 e. The van der Waals surface area contributed by atoms with Crippen LogP contribution in [0.25, 0.3) is 0 Å². The number of hydrogen-bond donors (Lipinski definition) is 2. The standard InChI is InChI=1S/C16H13BrFNO2/c17-10-2-4-12-9(7-10)1-6-15(12)19-11-3-5-14(18)13(8-11)16(20)21/h2-5,7-8,15,19H,1,6H2,(H,20,21). The molecule has 0 heterocycles. The van der Waals surface area contributed by atoms with E-state index in [1.54, 1.807) is 6.07 Å². The zero-order chi connectivity index (χ0) is 15.0. The number of aryl methyl sites for hydroxylation is 1. The SMILES string of the molecule is O=C(O)c1cc(NC2CCc3cc(Br)ccc32)ccc1F. The van der Waals surface area contributed by atoms with Gasteiger partial charge in [0.25, 0.3) is 0 Å². The number of anilines is 1. The zero-order valence-electron chi connectivity index (χ0n) is 11.1. The van der Waals surface area contributed by atoms with Gasteiger partial charge in [0.15, 0.2) is 0 Å². The number of carbonyl (C=O) groups is 1. The Bertz CT molecular complexity index is 717. The van der Waals surface area contributed by atoms with E-state index < -0.39 is 11.8 Å². The van der Waals surface area contributed by atoms with Crippen molar-refractivity contribution in [1.29, 1.82) is 0 Å². The molecule has 21 heavy (non-hydrogen) atoms. The van der Waals surface area contributed by atoms with Gasteiger partial charge in [-0.15, -0.1) is 0 Å². The van der Waals surface area contributed by atoms with Gasteiger partial charge in [-0.2, -0.15) is 0 Å². The Morgan fingerprint density at radius 3 is 2.86 bits per heavy atom. The predicted molar refractivity (Wildman–Crippen MR) is 82.2 cm³/mol. The van der Waals surface area contributed by atoms with Crippen molar-refractivity contribution in [2.24, 2.45) is 0 Å². The minimum atomic E-state index is -1.26. The van der Waals surface area contributed by atoms with E-state index in [2.05, 4.69) is 33.4 Å². The average Bonchev–Trinajstić information content (AvgIpc) is 2.83. The molecule has 0 saturated heterocycles. The van der Waals surface area contributed by atoms with Gasteiger partial charge in [0.05, 0.1) is 11.6 Å². The highest BCUT2D eigenvalue weighted by molar-refractivity contribution is 9.10. The molecule has 1 atom stereocenters. The summed E-state index contributed by atoms with van der Waals surface area (Å²) in [5.74, 6) is -1.98. The first-order valence-corrected chi connectivity index (χ1v) is 7.41. The molecule has 2 N–H and O–H groups in total. The molecule has 3 rings (SSSR count). The van der Waals surface area contributed by atoms with Gasteiger partial charge in [-0.1, -0.05) is 22.0 Å². The minimum Gasteiger partial charge on any atom is -0.478 e. The van der Waals surface area contributed by atoms with Gasteiger partial charge in [-0.05, 0) is 54.3 Å². The minimum absolute atomic E-state index is 0.125. The molecule has 0 radical (unpaired) electrons. The molecule has 5 heteroatoms. The maximum absolute atomic E-state index is 13.4. The molecule has 0 amide bonds. The number of benzene rings is 2. The molecule has 0 bridgehead atoms. The van der Waals surface area contributed by atoms with E-state index in [1.807, 2.05) is 6.07 Å². The van der Waals surface area contributed by atoms with Gasteiger partial charge < -0.3 is 10.4 Å². The van der Waals surface area contributed by atoms with E-state index in [1.165, 1.54) is 23.3 Å². The summed E-state index contributed by atoms with van der Waals surface area (Å²) < 4.78 is 14.5. The first-order valence-electron chi connectivity index (χ1n) is 6.62. The van der Waals surface area contributed by atoms with Crippen LogP contribution in [-0.2, 0) is 6.42 Å². The molecule has 0 aliphatic heterocycles. The summed E-state index contributed by atoms with van der Waals surface area (Å²) >= 11 is 3.46. The van der Waals surface area contributed by atoms with Gasteiger partial charge in [0.1, 0.15) is 5.82 Å². The monoisotopic (exact) mass is 349 g/mol. The van der Waals surface area contributed by atoms with Crippen LogP contribution < -0.4 is 5.32 Å². The molecule has 2 aromatic rings. The topological polar surface area (TPSA) is 49.3 Å². The number of carboxylic acids is 1. The fraction of sp³-hybridized carbons (Fsp3) is 0.188. The van der Waals surface area contributed by atoms with Crippen LogP contribution in [0.2, 0.25) is 0 Å². The largest absolute Gasteiger partial charge is 0.478 e. The number of nitrogens with one attached hydrogen (secondary N) is 1. The lowest BCUT2D eigenvalue weighted by Gasteiger charge is -2.16. The normalized spacial score (nSPS) is 16.6. The molecule has 0 aromatic heterocycles. The van der Waals surface area contributed by atoms with Crippen LogP contribution in [0.5, 0.6) is 0 Å². The van der Waals surface area contributed by atoms with E-state index in [9.17, 15) is 9.18 Å². The van der Waals surface area contributed by atoms with Crippen molar-refractivity contribution in [2.75, 3.05) is 5.32 Å². The predicted octanol–water partition coefficient (Wildman–Crippen LogP) is 4.39. The summed E-state index contributed by atoms with van der Waals surface area (Å²) in [6, 6.07) is 10.4. The second kappa shape index (κ2) is 5.48. The fourth-order valence-electron chi connectivity index (χ4n) is 2.72. The molecule has 0 spiro atoms. The number of aromatic carboxylic acids is 1. The summed E-state index contributed by atoms with van der Waals surface area (Å²) in [5.41, 5.74) is 2.80. The third kappa shape index (κ3) is 2.78. The molecule has 0 fully saturated rings. The molecule has 1 aliphatic carbocycles. The number of carboxylic acid groups (broad SMARTS) is 1. The van der Waals surface area contributed by atoms with Crippen molar-refractivity contribution < 1.29 is 14.3 Å². The number of halogens is 2. The fourth-order valence-corrected chi connectivity index (χ4v) is 3.12. The summed E-state index contributed by atoms with van der Waals surface area (Å²) in [7, 11) is 0. The second-order valence-electron chi connectivity index (χ2n) is 5.08. The maximum atomic E-state index is 13.4. The summed E-state index contributed by atoms with van der Waals surface area (Å²) in [6.07, 6.45) is 1.91. The van der Waals surface area contributed by atoms with Crippen LogP contribution in [0.3, 0.4) is 0 Å². The Morgan fingerprint density at radius 1 is 1.29 bits per heavy atom. The first-order chi connectivity index (χ1) is 10.0. The molecule has 3 nitrogen and oxygen atoms in total. The van der Waals surface area contributed by atoms with Crippen LogP contribution in [0, 0.1) is 5.82 Å². The van der Waals surface area contributed by atoms with Crippen molar-refractivity contribution in [1.82, 2.24) is 0 Å². The van der Waals surface area contributed by atoms with Crippen molar-refractivity contribution in [3.8, 4) is 0 Å². The van der Waals surface area contributed by atoms with Gasteiger partial charge >= 0.3 is 5.97 Å². The Kier molecular flexibility index (Phi) is 3.68. The number of fused-ring (bicyclic) bond motifs is 1. The van der Waals surface area contributed by atoms with Crippen LogP contribution >= 0.6 is 15.9 Å². The highest BCUT2D eigenvalue weighted by Crippen LogP contribution is 2.35. The summed E-state index contributed by atoms with van der Waals surface area (Å²) in [4.78, 5) is 11.0. The molecule has 2 aromatic carbocycles. The van der Waals surface area contributed by atoms with E-state index in [4.69, 9.17) is 5.11 Å². The lowest BCUT2D eigenvalue weighted by molar-refractivity contribution is 0.0692. The van der Waals surface area contributed by atoms with E-state index in [-0.39, 0.29) is 11.6 Å². The first kappa shape index (κ1) is 14.1. The smallest absolute Gasteiger partial charge is 0.338 e. The highest BCUT2D eigenvalue weighted by atomic mass is 79.9. The summed E-state index contributed by atoms with van der Waals surface area (Å²) in [6.45, 7) is 0. The number of rotatable bonds is 3. The highest BCUT2D eigenvalue weighted by Gasteiger charge is 2.22. The molecule has 1 unspecified atom stereocenters. The average molecular weight is 350 g/mol. The molecule has 1 aliphatic rings. The van der Waals surface area contributed by atoms with Crippen molar-refractivity contribution in [2.45, 2.75) is 18.9 Å². The third-order valence-electron chi connectivity index (χ3n) is 3.72. The Labute approximate surface area is 129 Å². The zero-order valence-corrected chi connectivity index (χ0v) is 12.7. The number of hydrogen-bond acceptors (Lipinski definition) is 2. The van der Waals surface area contributed by atoms with E-state index in [0.29, 0.717) is 5.69 Å².